The molecule has 1 aromatic carbocycles. The molecule has 0 amide bonds. The molecule has 1 aromatic heterocycles. The van der Waals surface area contributed by atoms with E-state index in [0.29, 0.717) is 29.6 Å². The van der Waals surface area contributed by atoms with E-state index < -0.39 is 11.6 Å². The number of aromatic nitrogens is 1. The van der Waals surface area contributed by atoms with Gasteiger partial charge in [0.1, 0.15) is 6.61 Å². The second kappa shape index (κ2) is 5.81. The molecule has 1 aliphatic carbocycles. The van der Waals surface area contributed by atoms with Crippen LogP contribution in [0.1, 0.15) is 29.9 Å². The molecule has 4 nitrogen and oxygen atoms in total. The molecule has 1 saturated carbocycles. The maximum Gasteiger partial charge on any atom is 0.191 e. The number of nitrogens with zero attached hydrogens (tertiary/aromatic N) is 1. The molecule has 1 fully saturated rings. The molecule has 2 aromatic rings. The highest BCUT2D eigenvalue weighted by molar-refractivity contribution is 5.31. The minimum Gasteiger partial charge on any atom is -0.479 e. The molecule has 0 atom stereocenters. The van der Waals surface area contributed by atoms with Gasteiger partial charge in [-0.25, -0.2) is 8.78 Å². The first kappa shape index (κ1) is 14.0. The normalized spacial score (nSPS) is 14.4. The molecule has 112 valence electrons. The third-order valence-electron chi connectivity index (χ3n) is 3.27. The van der Waals surface area contributed by atoms with E-state index in [1.54, 1.807) is 13.0 Å². The summed E-state index contributed by atoms with van der Waals surface area (Å²) in [4.78, 5) is 0. The third kappa shape index (κ3) is 3.58. The Morgan fingerprint density at radius 2 is 2.00 bits per heavy atom. The number of benzene rings is 1. The summed E-state index contributed by atoms with van der Waals surface area (Å²) in [6.45, 7) is 2.16. The summed E-state index contributed by atoms with van der Waals surface area (Å²) < 4.78 is 37.9. The van der Waals surface area contributed by atoms with Crippen molar-refractivity contribution in [2.75, 3.05) is 0 Å². The minimum absolute atomic E-state index is 0.0612. The Bertz CT molecular complexity index is 615. The number of ether oxygens (including phenoxy) is 1. The average molecular weight is 294 g/mol. The molecule has 0 aliphatic heterocycles. The van der Waals surface area contributed by atoms with Crippen LogP contribution in [0.5, 0.6) is 5.75 Å². The van der Waals surface area contributed by atoms with E-state index in [1.165, 1.54) is 12.1 Å². The van der Waals surface area contributed by atoms with Crippen molar-refractivity contribution in [2.24, 2.45) is 0 Å². The second-order valence-corrected chi connectivity index (χ2v) is 5.27. The summed E-state index contributed by atoms with van der Waals surface area (Å²) in [6, 6.07) is 4.73. The van der Waals surface area contributed by atoms with Gasteiger partial charge in [-0.1, -0.05) is 5.16 Å². The number of hydrogen-bond donors (Lipinski definition) is 1. The van der Waals surface area contributed by atoms with Crippen molar-refractivity contribution in [3.63, 3.8) is 0 Å². The quantitative estimate of drug-likeness (QED) is 0.889. The van der Waals surface area contributed by atoms with E-state index in [-0.39, 0.29) is 12.4 Å². The number of hydrogen-bond acceptors (Lipinski definition) is 4. The summed E-state index contributed by atoms with van der Waals surface area (Å²) in [7, 11) is 0. The number of nitrogens with one attached hydrogen (secondary N) is 1. The molecule has 0 radical (unpaired) electrons. The van der Waals surface area contributed by atoms with Gasteiger partial charge in [0.25, 0.3) is 0 Å². The van der Waals surface area contributed by atoms with Gasteiger partial charge in [-0.15, -0.1) is 0 Å². The van der Waals surface area contributed by atoms with Crippen molar-refractivity contribution < 1.29 is 18.0 Å². The van der Waals surface area contributed by atoms with E-state index in [0.717, 1.165) is 12.8 Å². The molecule has 1 aliphatic rings. The van der Waals surface area contributed by atoms with Gasteiger partial charge in [-0.05, 0) is 37.5 Å². The van der Waals surface area contributed by atoms with Crippen LogP contribution in [0.3, 0.4) is 0 Å². The molecule has 1 heterocycles. The van der Waals surface area contributed by atoms with Gasteiger partial charge < -0.3 is 14.6 Å². The first-order valence-corrected chi connectivity index (χ1v) is 6.88. The van der Waals surface area contributed by atoms with Crippen LogP contribution in [0.15, 0.2) is 22.7 Å². The highest BCUT2D eigenvalue weighted by atomic mass is 19.1. The predicted octanol–water partition coefficient (Wildman–Crippen LogP) is 3.09. The van der Waals surface area contributed by atoms with E-state index >= 15 is 0 Å². The van der Waals surface area contributed by atoms with Crippen LogP contribution in [0.2, 0.25) is 0 Å². The Hall–Kier alpha value is -1.95. The van der Waals surface area contributed by atoms with Crippen LogP contribution >= 0.6 is 0 Å². The van der Waals surface area contributed by atoms with Gasteiger partial charge in [0.05, 0.1) is 5.69 Å². The second-order valence-electron chi connectivity index (χ2n) is 5.27. The largest absolute Gasteiger partial charge is 0.479 e. The standard InChI is InChI=1S/C15H16F2N2O2/c1-9-4-12(21-19-9)8-20-15-13(16)5-10(6-14(15)17)7-18-11-2-3-11/h4-6,11,18H,2-3,7-8H2,1H3. The van der Waals surface area contributed by atoms with Gasteiger partial charge in [-0.2, -0.15) is 0 Å². The molecule has 0 saturated heterocycles. The lowest BCUT2D eigenvalue weighted by Gasteiger charge is -2.09. The predicted molar refractivity (Wildman–Crippen MR) is 71.8 cm³/mol. The van der Waals surface area contributed by atoms with Crippen molar-refractivity contribution in [1.82, 2.24) is 10.5 Å². The fourth-order valence-corrected chi connectivity index (χ4v) is 2.03. The Kier molecular flexibility index (Phi) is 3.88. The fraction of sp³-hybridized carbons (Fsp3) is 0.400. The fourth-order valence-electron chi connectivity index (χ4n) is 2.03. The Labute approximate surface area is 121 Å². The van der Waals surface area contributed by atoms with Crippen LogP contribution in [0.4, 0.5) is 8.78 Å². The lowest BCUT2D eigenvalue weighted by atomic mass is 10.2. The van der Waals surface area contributed by atoms with Crippen LogP contribution < -0.4 is 10.1 Å². The van der Waals surface area contributed by atoms with Crippen LogP contribution in [0, 0.1) is 18.6 Å². The van der Waals surface area contributed by atoms with E-state index in [4.69, 9.17) is 9.26 Å². The van der Waals surface area contributed by atoms with Gasteiger partial charge in [0.15, 0.2) is 23.1 Å². The third-order valence-corrected chi connectivity index (χ3v) is 3.27. The zero-order valence-electron chi connectivity index (χ0n) is 11.7. The lowest BCUT2D eigenvalue weighted by molar-refractivity contribution is 0.230. The molecule has 0 bridgehead atoms. The van der Waals surface area contributed by atoms with Gasteiger partial charge >= 0.3 is 0 Å². The summed E-state index contributed by atoms with van der Waals surface area (Å²) in [5.74, 6) is -1.39. The van der Waals surface area contributed by atoms with E-state index in [1.807, 2.05) is 0 Å². The SMILES string of the molecule is Cc1cc(COc2c(F)cc(CNC3CC3)cc2F)on1. The van der Waals surface area contributed by atoms with Crippen molar-refractivity contribution in [3.05, 3.63) is 46.9 Å². The van der Waals surface area contributed by atoms with Crippen LogP contribution in [0.25, 0.3) is 0 Å². The maximum absolute atomic E-state index is 13.9. The summed E-state index contributed by atoms with van der Waals surface area (Å²) >= 11 is 0. The monoisotopic (exact) mass is 294 g/mol. The van der Waals surface area contributed by atoms with Crippen molar-refractivity contribution in [1.29, 1.82) is 0 Å². The first-order valence-electron chi connectivity index (χ1n) is 6.88. The number of rotatable bonds is 6. The van der Waals surface area contributed by atoms with Crippen LogP contribution in [-0.4, -0.2) is 11.2 Å². The zero-order chi connectivity index (χ0) is 14.8. The highest BCUT2D eigenvalue weighted by Gasteiger charge is 2.21. The van der Waals surface area contributed by atoms with Crippen molar-refractivity contribution in [3.8, 4) is 5.75 Å². The average Bonchev–Trinajstić information content (AvgIpc) is 3.17. The van der Waals surface area contributed by atoms with Gasteiger partial charge in [0.2, 0.25) is 0 Å². The molecule has 3 rings (SSSR count). The van der Waals surface area contributed by atoms with Crippen LogP contribution in [-0.2, 0) is 13.2 Å². The Morgan fingerprint density at radius 3 is 2.57 bits per heavy atom. The van der Waals surface area contributed by atoms with E-state index in [9.17, 15) is 8.78 Å². The van der Waals surface area contributed by atoms with Crippen molar-refractivity contribution >= 4 is 0 Å². The summed E-state index contributed by atoms with van der Waals surface area (Å²) in [5.41, 5.74) is 1.26. The number of halogens is 2. The molecule has 1 N–H and O–H groups in total. The molecule has 6 heteroatoms. The maximum atomic E-state index is 13.9. The van der Waals surface area contributed by atoms with Crippen molar-refractivity contribution in [2.45, 2.75) is 39.0 Å². The summed E-state index contributed by atoms with van der Waals surface area (Å²) in [5, 5.41) is 6.89. The first-order chi connectivity index (χ1) is 10.1. The lowest BCUT2D eigenvalue weighted by Crippen LogP contribution is -2.15. The smallest absolute Gasteiger partial charge is 0.191 e. The Morgan fingerprint density at radius 1 is 1.29 bits per heavy atom. The van der Waals surface area contributed by atoms with Gasteiger partial charge in [-0.3, -0.25) is 0 Å². The highest BCUT2D eigenvalue weighted by Crippen LogP contribution is 2.25. The molecule has 0 unspecified atom stereocenters. The van der Waals surface area contributed by atoms with Gasteiger partial charge in [0, 0.05) is 18.7 Å². The van der Waals surface area contributed by atoms with E-state index in [2.05, 4.69) is 10.5 Å². The molecule has 21 heavy (non-hydrogen) atoms. The molecule has 0 spiro atoms. The molecular weight excluding hydrogens is 278 g/mol. The minimum atomic E-state index is -0.709. The summed E-state index contributed by atoms with van der Waals surface area (Å²) in [6.07, 6.45) is 2.26. The number of aryl methyl sites for hydroxylation is 1. The zero-order valence-corrected chi connectivity index (χ0v) is 11.7. The molecular formula is C15H16F2N2O2. The Balaban J connectivity index is 1.66. The topological polar surface area (TPSA) is 47.3 Å².